The largest absolute Gasteiger partial charge is 1.00 e. The smallest absolute Gasteiger partial charge is 1.00 e. The first kappa shape index (κ1) is 25.5. The number of nitrogens with one attached hydrogen (secondary N) is 4. The van der Waals surface area contributed by atoms with Crippen molar-refractivity contribution < 1.29 is 53.4 Å². The number of ketones is 1. The van der Waals surface area contributed by atoms with Crippen LogP contribution in [0.3, 0.4) is 0 Å². The minimum absolute atomic E-state index is 0. The molecule has 12 nitrogen and oxygen atoms in total. The first-order chi connectivity index (χ1) is 15.8. The van der Waals surface area contributed by atoms with Gasteiger partial charge in [-0.05, 0) is 46.7 Å². The molecule has 14 heteroatoms. The summed E-state index contributed by atoms with van der Waals surface area (Å²) in [5.41, 5.74) is 1.05. The van der Waals surface area contributed by atoms with Gasteiger partial charge in [-0.1, -0.05) is 12.1 Å². The summed E-state index contributed by atoms with van der Waals surface area (Å²) in [7, 11) is -4.42. The minimum atomic E-state index is -4.42. The average molecular weight is 493 g/mol. The van der Waals surface area contributed by atoms with Gasteiger partial charge in [0, 0.05) is 12.1 Å². The van der Waals surface area contributed by atoms with E-state index in [9.17, 15) is 13.2 Å². The van der Waals surface area contributed by atoms with Crippen molar-refractivity contribution in [2.75, 3.05) is 27.2 Å². The van der Waals surface area contributed by atoms with Gasteiger partial charge < -0.3 is 17.4 Å². The monoisotopic (exact) mass is 493 g/mol. The van der Waals surface area contributed by atoms with Crippen LogP contribution >= 0.6 is 0 Å². The summed E-state index contributed by atoms with van der Waals surface area (Å²) in [5, 5.41) is 26.3. The normalized spacial score (nSPS) is 13.4. The van der Waals surface area contributed by atoms with Crippen LogP contribution in [-0.4, -0.2) is 35.6 Å². The number of fused-ring (bicyclic) bond motifs is 1. The summed E-state index contributed by atoms with van der Waals surface area (Å²) < 4.78 is 37.7. The van der Waals surface area contributed by atoms with E-state index in [1.807, 2.05) is 35.1 Å². The summed E-state index contributed by atoms with van der Waals surface area (Å²) in [4.78, 5) is 13.2. The van der Waals surface area contributed by atoms with Crippen LogP contribution in [0.4, 0.5) is 22.9 Å². The second kappa shape index (κ2) is 10.4. The predicted molar refractivity (Wildman–Crippen MR) is 120 cm³/mol. The second-order valence-electron chi connectivity index (χ2n) is 7.25. The summed E-state index contributed by atoms with van der Waals surface area (Å²) in [6, 6.07) is 15.0. The fourth-order valence-electron chi connectivity index (χ4n) is 3.52. The fraction of sp³-hybridized carbons (Fsp3) is 0.200. The van der Waals surface area contributed by atoms with Crippen LogP contribution in [0.15, 0.2) is 53.2 Å². The Labute approximate surface area is 218 Å². The molecule has 34 heavy (non-hydrogen) atoms. The van der Waals surface area contributed by atoms with E-state index in [0.29, 0.717) is 23.6 Å². The van der Waals surface area contributed by atoms with E-state index >= 15 is 0 Å². The van der Waals surface area contributed by atoms with Crippen molar-refractivity contribution >= 4 is 39.0 Å². The number of hydrogen-bond donors (Lipinski definition) is 5. The van der Waals surface area contributed by atoms with Gasteiger partial charge in [0.05, 0.1) is 36.0 Å². The molecule has 0 atom stereocenters. The van der Waals surface area contributed by atoms with Crippen molar-refractivity contribution in [2.24, 2.45) is 0 Å². The van der Waals surface area contributed by atoms with Crippen molar-refractivity contribution in [1.82, 2.24) is 10.3 Å². The van der Waals surface area contributed by atoms with Gasteiger partial charge in [0.15, 0.2) is 23.0 Å². The Morgan fingerprint density at radius 2 is 1.79 bits per heavy atom. The van der Waals surface area contributed by atoms with Crippen LogP contribution in [0.25, 0.3) is 0 Å². The van der Waals surface area contributed by atoms with Crippen LogP contribution in [0.1, 0.15) is 30.3 Å². The standard InChI is InChI=1S/C20H19N7O5S.Na.H/c21-10-3-11-22-19-18(25-32-26-19)20(23-15-4-1-2-5-16(15)24-20)12-17(28)13-6-8-14(9-7-13)27-33(29,30)31;;/h1-2,4-9,23-24,27H,3,11-12H2,(H,22,26)(H,29,30,31);;/q;+1;-1. The van der Waals surface area contributed by atoms with Crippen molar-refractivity contribution in [3.63, 3.8) is 0 Å². The number of carbonyl (C=O) groups is 1. The molecule has 0 saturated carbocycles. The number of para-hydroxylation sites is 2. The SMILES string of the molecule is N#CCCNc1nonc1C1(CC(=O)c2ccc(NS(=O)(=O)O)cc2)Nc2ccccc2N1.[H-].[Na+]. The van der Waals surface area contributed by atoms with Gasteiger partial charge in [-0.3, -0.25) is 14.1 Å². The molecular formula is C20H20N7NaO5S. The van der Waals surface area contributed by atoms with Gasteiger partial charge in [0.1, 0.15) is 0 Å². The fourth-order valence-corrected chi connectivity index (χ4v) is 3.95. The third-order valence-electron chi connectivity index (χ3n) is 4.92. The van der Waals surface area contributed by atoms with Crippen LogP contribution in [0.5, 0.6) is 0 Å². The molecule has 0 spiro atoms. The molecule has 1 aliphatic rings. The van der Waals surface area contributed by atoms with E-state index in [4.69, 9.17) is 14.4 Å². The molecule has 0 radical (unpaired) electrons. The molecule has 2 aromatic carbocycles. The molecular weight excluding hydrogens is 473 g/mol. The van der Waals surface area contributed by atoms with Gasteiger partial charge in [-0.2, -0.15) is 13.7 Å². The molecule has 0 amide bonds. The number of benzene rings is 2. The topological polar surface area (TPSA) is 182 Å². The Kier molecular flexibility index (Phi) is 7.80. The van der Waals surface area contributed by atoms with Gasteiger partial charge in [0.2, 0.25) is 0 Å². The summed E-state index contributed by atoms with van der Waals surface area (Å²) in [5.74, 6) is 0.00532. The van der Waals surface area contributed by atoms with E-state index in [2.05, 4.69) is 26.3 Å². The minimum Gasteiger partial charge on any atom is -1.00 e. The summed E-state index contributed by atoms with van der Waals surface area (Å²) >= 11 is 0. The number of hydrogen-bond acceptors (Lipinski definition) is 10. The van der Waals surface area contributed by atoms with Crippen LogP contribution < -0.4 is 50.2 Å². The average Bonchev–Trinajstić information content (AvgIpc) is 3.38. The third kappa shape index (κ3) is 5.66. The molecule has 0 aliphatic carbocycles. The van der Waals surface area contributed by atoms with Crippen LogP contribution in [0, 0.1) is 11.3 Å². The number of rotatable bonds is 9. The van der Waals surface area contributed by atoms with Crippen LogP contribution in [-0.2, 0) is 16.0 Å². The maximum atomic E-state index is 13.2. The molecule has 0 fully saturated rings. The van der Waals surface area contributed by atoms with E-state index in [0.717, 1.165) is 11.4 Å². The molecule has 1 aromatic heterocycles. The molecule has 4 rings (SSSR count). The molecule has 0 bridgehead atoms. The number of carbonyl (C=O) groups excluding carboxylic acids is 1. The van der Waals surface area contributed by atoms with Gasteiger partial charge >= 0.3 is 39.9 Å². The molecule has 2 heterocycles. The Morgan fingerprint density at radius 1 is 1.15 bits per heavy atom. The van der Waals surface area contributed by atoms with Crippen molar-refractivity contribution in [3.05, 3.63) is 59.8 Å². The molecule has 3 aromatic rings. The number of anilines is 4. The number of aromatic nitrogens is 2. The maximum absolute atomic E-state index is 13.2. The van der Waals surface area contributed by atoms with Crippen molar-refractivity contribution in [1.29, 1.82) is 5.26 Å². The van der Waals surface area contributed by atoms with Crippen molar-refractivity contribution in [3.8, 4) is 6.07 Å². The predicted octanol–water partition coefficient (Wildman–Crippen LogP) is -0.310. The van der Waals surface area contributed by atoms with Crippen LogP contribution in [0.2, 0.25) is 0 Å². The number of nitrogens with zero attached hydrogens (tertiary/aromatic N) is 3. The van der Waals surface area contributed by atoms with E-state index in [1.54, 1.807) is 0 Å². The molecule has 0 saturated heterocycles. The molecule has 172 valence electrons. The van der Waals surface area contributed by atoms with Gasteiger partial charge in [-0.25, -0.2) is 4.63 Å². The van der Waals surface area contributed by atoms with E-state index in [-0.39, 0.29) is 55.3 Å². The Morgan fingerprint density at radius 3 is 2.38 bits per heavy atom. The third-order valence-corrected chi connectivity index (χ3v) is 5.42. The Hall–Kier alpha value is -3.15. The maximum Gasteiger partial charge on any atom is 1.00 e. The Bertz CT molecular complexity index is 1300. The first-order valence-electron chi connectivity index (χ1n) is 9.77. The van der Waals surface area contributed by atoms with Gasteiger partial charge in [-0.15, -0.1) is 0 Å². The first-order valence-corrected chi connectivity index (χ1v) is 11.2. The Balaban J connectivity index is 0.00000216. The van der Waals surface area contributed by atoms with Crippen molar-refractivity contribution in [2.45, 2.75) is 18.5 Å². The molecule has 0 unspecified atom stereocenters. The zero-order valence-corrected chi connectivity index (χ0v) is 20.9. The van der Waals surface area contributed by atoms with E-state index in [1.165, 1.54) is 24.3 Å². The summed E-state index contributed by atoms with van der Waals surface area (Å²) in [6.07, 6.45) is 0.136. The number of nitriles is 1. The molecule has 5 N–H and O–H groups in total. The number of Topliss-reactive ketones (excluding diaryl/α,β-unsaturated/α-hetero) is 1. The second-order valence-corrected chi connectivity index (χ2v) is 8.41. The summed E-state index contributed by atoms with van der Waals surface area (Å²) in [6.45, 7) is 0.316. The van der Waals surface area contributed by atoms with Gasteiger partial charge in [0.25, 0.3) is 0 Å². The molecule has 1 aliphatic heterocycles. The zero-order valence-electron chi connectivity index (χ0n) is 19.1. The quantitative estimate of drug-likeness (QED) is 0.114. The zero-order chi connectivity index (χ0) is 23.5. The van der Waals surface area contributed by atoms with E-state index < -0.39 is 16.0 Å².